The normalized spacial score (nSPS) is 16.1. The molecule has 1 fully saturated rings. The molecule has 0 unspecified atom stereocenters. The van der Waals surface area contributed by atoms with Gasteiger partial charge in [0, 0.05) is 37.3 Å². The minimum atomic E-state index is -3.59. The van der Waals surface area contributed by atoms with Gasteiger partial charge in [-0.1, -0.05) is 44.2 Å². The highest BCUT2D eigenvalue weighted by Crippen LogP contribution is 2.28. The standard InChI is InChI=1S/C25H27N3O6S/c1-3-27(4-2)35(31,32)21-12-10-20(11-13-21)28-16-19(14-24(28)29)25(30)33-17-23-26-15-22(34-23)18-8-6-5-7-9-18/h5-13,15,19H,3-4,14,16-17H2,1-2H3/t19-/m0/s1. The van der Waals surface area contributed by atoms with Gasteiger partial charge in [0.1, 0.15) is 0 Å². The second-order valence-corrected chi connectivity index (χ2v) is 10.0. The number of hydrogen-bond donors (Lipinski definition) is 0. The number of hydrogen-bond acceptors (Lipinski definition) is 7. The fraction of sp³-hybridized carbons (Fsp3) is 0.320. The Kier molecular flexibility index (Phi) is 7.32. The van der Waals surface area contributed by atoms with Crippen molar-refractivity contribution >= 4 is 27.6 Å². The molecule has 0 aliphatic carbocycles. The summed E-state index contributed by atoms with van der Waals surface area (Å²) in [5.41, 5.74) is 1.40. The largest absolute Gasteiger partial charge is 0.455 e. The number of anilines is 1. The summed E-state index contributed by atoms with van der Waals surface area (Å²) in [6, 6.07) is 15.6. The summed E-state index contributed by atoms with van der Waals surface area (Å²) in [5, 5.41) is 0. The van der Waals surface area contributed by atoms with Gasteiger partial charge < -0.3 is 14.1 Å². The van der Waals surface area contributed by atoms with Crippen LogP contribution >= 0.6 is 0 Å². The van der Waals surface area contributed by atoms with Crippen molar-refractivity contribution in [2.24, 2.45) is 5.92 Å². The second kappa shape index (κ2) is 10.4. The third kappa shape index (κ3) is 5.28. The molecule has 0 N–H and O–H groups in total. The smallest absolute Gasteiger partial charge is 0.311 e. The first kappa shape index (κ1) is 24.6. The molecule has 0 spiro atoms. The van der Waals surface area contributed by atoms with E-state index in [0.717, 1.165) is 5.56 Å². The minimum absolute atomic E-state index is 0.0131. The number of amides is 1. The van der Waals surface area contributed by atoms with E-state index in [2.05, 4.69) is 4.98 Å². The fourth-order valence-electron chi connectivity index (χ4n) is 3.99. The van der Waals surface area contributed by atoms with Crippen LogP contribution in [0.3, 0.4) is 0 Å². The fourth-order valence-corrected chi connectivity index (χ4v) is 5.45. The van der Waals surface area contributed by atoms with Crippen LogP contribution in [-0.4, -0.2) is 49.2 Å². The van der Waals surface area contributed by atoms with Crippen LogP contribution in [0.1, 0.15) is 26.2 Å². The van der Waals surface area contributed by atoms with E-state index in [1.54, 1.807) is 32.2 Å². The van der Waals surface area contributed by atoms with Crippen LogP contribution < -0.4 is 4.90 Å². The number of ether oxygens (including phenoxy) is 1. The van der Waals surface area contributed by atoms with Gasteiger partial charge in [-0.25, -0.2) is 13.4 Å². The Hall–Kier alpha value is -3.50. The molecule has 10 heteroatoms. The molecular formula is C25H27N3O6S. The molecule has 2 aromatic carbocycles. The number of carbonyl (C=O) groups excluding carboxylic acids is 2. The summed E-state index contributed by atoms with van der Waals surface area (Å²) in [5.74, 6) is -0.534. The minimum Gasteiger partial charge on any atom is -0.455 e. The molecule has 0 saturated carbocycles. The van der Waals surface area contributed by atoms with Crippen molar-refractivity contribution in [3.05, 3.63) is 66.7 Å². The number of benzene rings is 2. The lowest BCUT2D eigenvalue weighted by molar-refractivity contribution is -0.150. The molecule has 9 nitrogen and oxygen atoms in total. The topological polar surface area (TPSA) is 110 Å². The number of esters is 1. The predicted molar refractivity (Wildman–Crippen MR) is 129 cm³/mol. The zero-order chi connectivity index (χ0) is 25.0. The second-order valence-electron chi connectivity index (χ2n) is 8.08. The van der Waals surface area contributed by atoms with E-state index in [1.807, 2.05) is 30.3 Å². The molecule has 2 heterocycles. The molecule has 0 radical (unpaired) electrons. The number of rotatable bonds is 9. The number of nitrogens with zero attached hydrogens (tertiary/aromatic N) is 3. The third-order valence-electron chi connectivity index (χ3n) is 5.90. The van der Waals surface area contributed by atoms with E-state index in [-0.39, 0.29) is 36.3 Å². The van der Waals surface area contributed by atoms with E-state index >= 15 is 0 Å². The van der Waals surface area contributed by atoms with Crippen molar-refractivity contribution in [3.8, 4) is 11.3 Å². The van der Waals surface area contributed by atoms with Crippen LogP contribution in [0, 0.1) is 5.92 Å². The van der Waals surface area contributed by atoms with Crippen LogP contribution in [0.15, 0.2) is 70.1 Å². The van der Waals surface area contributed by atoms with E-state index in [4.69, 9.17) is 9.15 Å². The van der Waals surface area contributed by atoms with Crippen molar-refractivity contribution in [2.45, 2.75) is 31.8 Å². The quantitative estimate of drug-likeness (QED) is 0.416. The van der Waals surface area contributed by atoms with Gasteiger partial charge in [-0.2, -0.15) is 4.31 Å². The molecule has 3 aromatic rings. The van der Waals surface area contributed by atoms with Gasteiger partial charge in [0.05, 0.1) is 17.0 Å². The van der Waals surface area contributed by atoms with Crippen LogP contribution in [0.4, 0.5) is 5.69 Å². The maximum atomic E-state index is 12.7. The van der Waals surface area contributed by atoms with Crippen LogP contribution in [0.25, 0.3) is 11.3 Å². The molecule has 0 bridgehead atoms. The zero-order valence-corrected chi connectivity index (χ0v) is 20.4. The SMILES string of the molecule is CCN(CC)S(=O)(=O)c1ccc(N2C[C@@H](C(=O)OCc3ncc(-c4ccccc4)o3)CC2=O)cc1. The van der Waals surface area contributed by atoms with Crippen molar-refractivity contribution in [3.63, 3.8) is 0 Å². The highest BCUT2D eigenvalue weighted by molar-refractivity contribution is 7.89. The number of aromatic nitrogens is 1. The molecule has 35 heavy (non-hydrogen) atoms. The average Bonchev–Trinajstić information content (AvgIpc) is 3.51. The van der Waals surface area contributed by atoms with Crippen molar-refractivity contribution in [1.29, 1.82) is 0 Å². The maximum Gasteiger partial charge on any atom is 0.311 e. The Bertz CT molecular complexity index is 1280. The lowest BCUT2D eigenvalue weighted by Gasteiger charge is -2.20. The summed E-state index contributed by atoms with van der Waals surface area (Å²) in [6.07, 6.45) is 1.59. The van der Waals surface area contributed by atoms with Gasteiger partial charge in [0.25, 0.3) is 0 Å². The van der Waals surface area contributed by atoms with Gasteiger partial charge in [0.15, 0.2) is 12.4 Å². The number of carbonyl (C=O) groups is 2. The lowest BCUT2D eigenvalue weighted by Crippen LogP contribution is -2.30. The van der Waals surface area contributed by atoms with Crippen molar-refractivity contribution in [1.82, 2.24) is 9.29 Å². The van der Waals surface area contributed by atoms with Crippen LogP contribution in [0.2, 0.25) is 0 Å². The summed E-state index contributed by atoms with van der Waals surface area (Å²) in [6.45, 7) is 4.32. The Morgan fingerprint density at radius 3 is 2.46 bits per heavy atom. The molecule has 1 aromatic heterocycles. The third-order valence-corrected chi connectivity index (χ3v) is 7.96. The van der Waals surface area contributed by atoms with Gasteiger partial charge in [0.2, 0.25) is 21.8 Å². The maximum absolute atomic E-state index is 12.7. The molecule has 1 aliphatic rings. The first-order chi connectivity index (χ1) is 16.8. The summed E-state index contributed by atoms with van der Waals surface area (Å²) >= 11 is 0. The average molecular weight is 498 g/mol. The monoisotopic (exact) mass is 497 g/mol. The molecule has 184 valence electrons. The van der Waals surface area contributed by atoms with Crippen LogP contribution in [-0.2, 0) is 31.0 Å². The molecule has 1 amide bonds. The van der Waals surface area contributed by atoms with Gasteiger partial charge >= 0.3 is 5.97 Å². The lowest BCUT2D eigenvalue weighted by atomic mass is 10.1. The molecule has 1 aliphatic heterocycles. The number of oxazole rings is 1. The molecular weight excluding hydrogens is 470 g/mol. The Morgan fingerprint density at radius 1 is 1.11 bits per heavy atom. The van der Waals surface area contributed by atoms with E-state index in [0.29, 0.717) is 24.5 Å². The first-order valence-electron chi connectivity index (χ1n) is 11.4. The summed E-state index contributed by atoms with van der Waals surface area (Å²) in [4.78, 5) is 30.9. The Morgan fingerprint density at radius 2 is 1.80 bits per heavy atom. The summed E-state index contributed by atoms with van der Waals surface area (Å²) < 4.78 is 37.7. The van der Waals surface area contributed by atoms with E-state index in [1.165, 1.54) is 21.3 Å². The Labute approximate surface area is 204 Å². The molecule has 1 saturated heterocycles. The Balaban J connectivity index is 1.36. The van der Waals surface area contributed by atoms with Gasteiger partial charge in [-0.3, -0.25) is 9.59 Å². The van der Waals surface area contributed by atoms with Gasteiger partial charge in [-0.05, 0) is 24.3 Å². The summed E-state index contributed by atoms with van der Waals surface area (Å²) in [7, 11) is -3.59. The molecule has 1 atom stereocenters. The zero-order valence-electron chi connectivity index (χ0n) is 19.6. The van der Waals surface area contributed by atoms with E-state index in [9.17, 15) is 18.0 Å². The highest BCUT2D eigenvalue weighted by atomic mass is 32.2. The van der Waals surface area contributed by atoms with Crippen molar-refractivity contribution in [2.75, 3.05) is 24.5 Å². The first-order valence-corrected chi connectivity index (χ1v) is 12.8. The molecule has 4 rings (SSSR count). The highest BCUT2D eigenvalue weighted by Gasteiger charge is 2.36. The van der Waals surface area contributed by atoms with Crippen LogP contribution in [0.5, 0.6) is 0 Å². The van der Waals surface area contributed by atoms with E-state index < -0.39 is 21.9 Å². The van der Waals surface area contributed by atoms with Gasteiger partial charge in [-0.15, -0.1) is 0 Å². The number of sulfonamides is 1. The van der Waals surface area contributed by atoms with Crippen molar-refractivity contribution < 1.29 is 27.2 Å². The predicted octanol–water partition coefficient (Wildman–Crippen LogP) is 3.47.